The van der Waals surface area contributed by atoms with Gasteiger partial charge in [-0.15, -0.1) is 0 Å². The summed E-state index contributed by atoms with van der Waals surface area (Å²) in [6.45, 7) is 2.47. The van der Waals surface area contributed by atoms with Crippen molar-refractivity contribution >= 4 is 5.97 Å². The van der Waals surface area contributed by atoms with Crippen molar-refractivity contribution in [1.29, 1.82) is 0 Å². The fraction of sp³-hybridized carbons (Fsp3) is 0.438. The second-order valence-corrected chi connectivity index (χ2v) is 4.17. The summed E-state index contributed by atoms with van der Waals surface area (Å²) in [5, 5.41) is 0. The summed E-state index contributed by atoms with van der Waals surface area (Å²) in [6.07, 6.45) is 5.48. The van der Waals surface area contributed by atoms with Crippen LogP contribution in [0, 0.1) is 11.8 Å². The quantitative estimate of drug-likeness (QED) is 0.330. The molecule has 0 atom stereocenters. The van der Waals surface area contributed by atoms with Crippen molar-refractivity contribution < 1.29 is 9.53 Å². The zero-order chi connectivity index (χ0) is 13.1. The minimum absolute atomic E-state index is 0.296. The van der Waals surface area contributed by atoms with Gasteiger partial charge in [0, 0.05) is 12.3 Å². The Kier molecular flexibility index (Phi) is 7.39. The maximum atomic E-state index is 11.3. The molecule has 0 amide bonds. The van der Waals surface area contributed by atoms with E-state index in [1.54, 1.807) is 0 Å². The minimum Gasteiger partial charge on any atom is -0.451 e. The average Bonchev–Trinajstić information content (AvgIpc) is 2.41. The summed E-state index contributed by atoms with van der Waals surface area (Å²) in [4.78, 5) is 11.3. The van der Waals surface area contributed by atoms with Crippen molar-refractivity contribution in [2.45, 2.75) is 45.6 Å². The number of unbranched alkanes of at least 4 members (excludes halogenated alkanes) is 4. The van der Waals surface area contributed by atoms with Gasteiger partial charge in [-0.1, -0.05) is 62.4 Å². The normalized spacial score (nSPS) is 9.39. The van der Waals surface area contributed by atoms with E-state index in [1.807, 2.05) is 30.3 Å². The molecule has 0 heterocycles. The third-order valence-electron chi connectivity index (χ3n) is 2.56. The standard InChI is InChI=1S/C16H20O2/c1-2-3-4-5-6-10-13-16(17)18-14-15-11-8-7-9-12-15/h7-9,11-12H,2-6,14H2,1H3. The van der Waals surface area contributed by atoms with Crippen LogP contribution < -0.4 is 0 Å². The lowest BCUT2D eigenvalue weighted by atomic mass is 10.2. The summed E-state index contributed by atoms with van der Waals surface area (Å²) < 4.78 is 5.04. The number of ether oxygens (including phenoxy) is 1. The molecule has 96 valence electrons. The van der Waals surface area contributed by atoms with Crippen LogP contribution in [0.2, 0.25) is 0 Å². The lowest BCUT2D eigenvalue weighted by molar-refractivity contribution is -0.137. The van der Waals surface area contributed by atoms with Crippen molar-refractivity contribution in [3.8, 4) is 11.8 Å². The highest BCUT2D eigenvalue weighted by atomic mass is 16.5. The Morgan fingerprint density at radius 1 is 1.17 bits per heavy atom. The largest absolute Gasteiger partial charge is 0.451 e. The Bertz CT molecular complexity index is 398. The molecule has 1 aromatic carbocycles. The highest BCUT2D eigenvalue weighted by molar-refractivity contribution is 5.88. The third-order valence-corrected chi connectivity index (χ3v) is 2.56. The fourth-order valence-electron chi connectivity index (χ4n) is 1.53. The Labute approximate surface area is 109 Å². The molecule has 0 unspecified atom stereocenters. The van der Waals surface area contributed by atoms with Gasteiger partial charge in [-0.05, 0) is 12.0 Å². The van der Waals surface area contributed by atoms with Gasteiger partial charge in [-0.3, -0.25) is 0 Å². The predicted molar refractivity (Wildman–Crippen MR) is 72.8 cm³/mol. The minimum atomic E-state index is -0.436. The molecule has 2 heteroatoms. The van der Waals surface area contributed by atoms with E-state index in [2.05, 4.69) is 18.8 Å². The molecule has 0 bridgehead atoms. The van der Waals surface area contributed by atoms with Crippen LogP contribution in [0.5, 0.6) is 0 Å². The van der Waals surface area contributed by atoms with Crippen LogP contribution in [-0.4, -0.2) is 5.97 Å². The number of hydrogen-bond donors (Lipinski definition) is 0. The molecule has 0 aliphatic heterocycles. The molecule has 2 nitrogen and oxygen atoms in total. The molecule has 0 saturated heterocycles. The first kappa shape index (κ1) is 14.3. The smallest absolute Gasteiger partial charge is 0.384 e. The Morgan fingerprint density at radius 3 is 2.67 bits per heavy atom. The highest BCUT2D eigenvalue weighted by Gasteiger charge is 1.97. The molecule has 0 spiro atoms. The van der Waals surface area contributed by atoms with Gasteiger partial charge in [-0.25, -0.2) is 4.79 Å². The van der Waals surface area contributed by atoms with Crippen LogP contribution in [0.15, 0.2) is 30.3 Å². The lowest BCUT2D eigenvalue weighted by Gasteiger charge is -1.99. The lowest BCUT2D eigenvalue weighted by Crippen LogP contribution is -2.01. The Morgan fingerprint density at radius 2 is 1.94 bits per heavy atom. The van der Waals surface area contributed by atoms with Gasteiger partial charge in [0.1, 0.15) is 6.61 Å². The molecule has 0 aromatic heterocycles. The molecule has 0 fully saturated rings. The van der Waals surface area contributed by atoms with Crippen LogP contribution in [0.25, 0.3) is 0 Å². The molecule has 1 rings (SSSR count). The number of rotatable bonds is 6. The van der Waals surface area contributed by atoms with E-state index < -0.39 is 5.97 Å². The molecule has 0 aliphatic rings. The second-order valence-electron chi connectivity index (χ2n) is 4.17. The van der Waals surface area contributed by atoms with E-state index in [-0.39, 0.29) is 0 Å². The molecule has 0 radical (unpaired) electrons. The summed E-state index contributed by atoms with van der Waals surface area (Å²) in [5.41, 5.74) is 0.982. The number of carbonyl (C=O) groups excluding carboxylic acids is 1. The van der Waals surface area contributed by atoms with Gasteiger partial charge >= 0.3 is 5.97 Å². The zero-order valence-electron chi connectivity index (χ0n) is 10.9. The van der Waals surface area contributed by atoms with E-state index in [9.17, 15) is 4.79 Å². The number of benzene rings is 1. The monoisotopic (exact) mass is 244 g/mol. The Hall–Kier alpha value is -1.75. The molecule has 0 N–H and O–H groups in total. The van der Waals surface area contributed by atoms with E-state index in [1.165, 1.54) is 19.3 Å². The molecular weight excluding hydrogens is 224 g/mol. The number of esters is 1. The van der Waals surface area contributed by atoms with E-state index in [0.717, 1.165) is 18.4 Å². The summed E-state index contributed by atoms with van der Waals surface area (Å²) in [6, 6.07) is 9.61. The zero-order valence-corrected chi connectivity index (χ0v) is 10.9. The van der Waals surface area contributed by atoms with Crippen molar-refractivity contribution in [3.05, 3.63) is 35.9 Å². The summed E-state index contributed by atoms with van der Waals surface area (Å²) >= 11 is 0. The second kappa shape index (κ2) is 9.30. The van der Waals surface area contributed by atoms with Crippen molar-refractivity contribution in [3.63, 3.8) is 0 Å². The molecule has 18 heavy (non-hydrogen) atoms. The van der Waals surface area contributed by atoms with E-state index in [4.69, 9.17) is 4.74 Å². The van der Waals surface area contributed by atoms with E-state index >= 15 is 0 Å². The predicted octanol–water partition coefficient (Wildman–Crippen LogP) is 3.70. The molecular formula is C16H20O2. The summed E-state index contributed by atoms with van der Waals surface area (Å²) in [5.74, 6) is 4.94. The van der Waals surface area contributed by atoms with Gasteiger partial charge in [0.25, 0.3) is 0 Å². The fourth-order valence-corrected chi connectivity index (χ4v) is 1.53. The van der Waals surface area contributed by atoms with Crippen LogP contribution in [0.1, 0.15) is 44.6 Å². The molecule has 0 aliphatic carbocycles. The van der Waals surface area contributed by atoms with Crippen LogP contribution in [-0.2, 0) is 16.1 Å². The summed E-state index contributed by atoms with van der Waals surface area (Å²) in [7, 11) is 0. The van der Waals surface area contributed by atoms with Gasteiger partial charge in [0.05, 0.1) is 0 Å². The first-order valence-corrected chi connectivity index (χ1v) is 6.52. The van der Waals surface area contributed by atoms with Crippen LogP contribution in [0.3, 0.4) is 0 Å². The van der Waals surface area contributed by atoms with Crippen molar-refractivity contribution in [2.75, 3.05) is 0 Å². The molecule has 0 saturated carbocycles. The van der Waals surface area contributed by atoms with Crippen LogP contribution in [0.4, 0.5) is 0 Å². The van der Waals surface area contributed by atoms with Crippen LogP contribution >= 0.6 is 0 Å². The first-order valence-electron chi connectivity index (χ1n) is 6.52. The van der Waals surface area contributed by atoms with Crippen molar-refractivity contribution in [1.82, 2.24) is 0 Å². The van der Waals surface area contributed by atoms with Crippen molar-refractivity contribution in [2.24, 2.45) is 0 Å². The highest BCUT2D eigenvalue weighted by Crippen LogP contribution is 2.02. The van der Waals surface area contributed by atoms with Gasteiger partial charge in [-0.2, -0.15) is 0 Å². The maximum Gasteiger partial charge on any atom is 0.384 e. The maximum absolute atomic E-state index is 11.3. The number of hydrogen-bond acceptors (Lipinski definition) is 2. The van der Waals surface area contributed by atoms with E-state index in [0.29, 0.717) is 6.61 Å². The van der Waals surface area contributed by atoms with Gasteiger partial charge in [0.15, 0.2) is 0 Å². The van der Waals surface area contributed by atoms with Gasteiger partial charge in [0.2, 0.25) is 0 Å². The number of carbonyl (C=O) groups is 1. The third kappa shape index (κ3) is 6.75. The average molecular weight is 244 g/mol. The first-order chi connectivity index (χ1) is 8.83. The topological polar surface area (TPSA) is 26.3 Å². The molecule has 1 aromatic rings. The van der Waals surface area contributed by atoms with Gasteiger partial charge < -0.3 is 4.74 Å². The Balaban J connectivity index is 2.16. The SMILES string of the molecule is CCCCCCC#CC(=O)OCc1ccccc1.